The number of aromatic nitrogens is 2. The molecule has 0 amide bonds. The molecule has 4 nitrogen and oxygen atoms in total. The number of anilines is 1. The number of hydrogen-bond donors (Lipinski definition) is 0. The molecule has 0 aliphatic carbocycles. The number of likely N-dealkylation sites (tertiary alicyclic amines) is 1. The van der Waals surface area contributed by atoms with Crippen LogP contribution in [0.3, 0.4) is 0 Å². The number of benzene rings is 1. The molecule has 152 valence electrons. The van der Waals surface area contributed by atoms with Crippen LogP contribution in [0.5, 0.6) is 0 Å². The first-order valence-electron chi connectivity index (χ1n) is 9.71. The van der Waals surface area contributed by atoms with Crippen LogP contribution in [0.2, 0.25) is 0 Å². The van der Waals surface area contributed by atoms with Gasteiger partial charge in [0.1, 0.15) is 17.0 Å². The van der Waals surface area contributed by atoms with Gasteiger partial charge in [-0.25, -0.2) is 9.97 Å². The normalized spacial score (nSPS) is 19.2. The second-order valence-electron chi connectivity index (χ2n) is 8.22. The van der Waals surface area contributed by atoms with Gasteiger partial charge in [0.25, 0.3) is 0 Å². The number of rotatable bonds is 4. The maximum Gasteiger partial charge on any atom is 0.393 e. The maximum atomic E-state index is 12.8. The summed E-state index contributed by atoms with van der Waals surface area (Å²) in [7, 11) is 0. The highest BCUT2D eigenvalue weighted by Crippen LogP contribution is 2.43. The monoisotopic (exact) mass is 418 g/mol. The van der Waals surface area contributed by atoms with E-state index in [-0.39, 0.29) is 5.41 Å². The van der Waals surface area contributed by atoms with E-state index in [4.69, 9.17) is 0 Å². The molecule has 0 bridgehead atoms. The first kappa shape index (κ1) is 18.8. The minimum absolute atomic E-state index is 0.261. The predicted octanol–water partition coefficient (Wildman–Crippen LogP) is 4.51. The largest absolute Gasteiger partial charge is 0.393 e. The van der Waals surface area contributed by atoms with E-state index in [1.165, 1.54) is 11.9 Å². The van der Waals surface area contributed by atoms with Gasteiger partial charge in [0.05, 0.1) is 11.8 Å². The maximum absolute atomic E-state index is 12.8. The third kappa shape index (κ3) is 3.83. The van der Waals surface area contributed by atoms with Gasteiger partial charge in [0, 0.05) is 43.0 Å². The summed E-state index contributed by atoms with van der Waals surface area (Å²) < 4.78 is 38.3. The van der Waals surface area contributed by atoms with E-state index in [2.05, 4.69) is 44.0 Å². The summed E-state index contributed by atoms with van der Waals surface area (Å²) in [6, 6.07) is 12.1. The Bertz CT molecular complexity index is 1010. The first-order chi connectivity index (χ1) is 13.9. The van der Waals surface area contributed by atoms with Crippen molar-refractivity contribution in [2.45, 2.75) is 25.6 Å². The second-order valence-corrected chi connectivity index (χ2v) is 9.34. The molecule has 2 saturated heterocycles. The molecular weight excluding hydrogens is 397 g/mol. The van der Waals surface area contributed by atoms with Crippen LogP contribution in [0.15, 0.2) is 42.7 Å². The zero-order valence-corrected chi connectivity index (χ0v) is 16.6. The molecule has 29 heavy (non-hydrogen) atoms. The average Bonchev–Trinajstić information content (AvgIpc) is 3.24. The Morgan fingerprint density at radius 3 is 2.62 bits per heavy atom. The molecule has 2 fully saturated rings. The first-order valence-corrected chi connectivity index (χ1v) is 10.5. The molecule has 0 atom stereocenters. The van der Waals surface area contributed by atoms with Gasteiger partial charge in [-0.15, -0.1) is 11.3 Å². The van der Waals surface area contributed by atoms with Crippen molar-refractivity contribution >= 4 is 27.4 Å². The molecule has 5 rings (SSSR count). The molecule has 0 N–H and O–H groups in total. The van der Waals surface area contributed by atoms with Gasteiger partial charge in [-0.1, -0.05) is 30.3 Å². The molecule has 0 radical (unpaired) electrons. The molecule has 2 aliphatic heterocycles. The molecule has 3 aromatic rings. The second kappa shape index (κ2) is 6.95. The molecule has 2 aromatic heterocycles. The van der Waals surface area contributed by atoms with E-state index in [1.54, 1.807) is 6.07 Å². The number of alkyl halides is 3. The van der Waals surface area contributed by atoms with Crippen molar-refractivity contribution in [3.05, 3.63) is 53.2 Å². The fourth-order valence-electron chi connectivity index (χ4n) is 4.66. The number of thiophene rings is 1. The van der Waals surface area contributed by atoms with Crippen LogP contribution in [-0.4, -0.2) is 47.2 Å². The Hall–Kier alpha value is -2.19. The van der Waals surface area contributed by atoms with E-state index in [1.807, 2.05) is 6.07 Å². The molecule has 0 saturated carbocycles. The van der Waals surface area contributed by atoms with E-state index < -0.39 is 12.6 Å². The smallest absolute Gasteiger partial charge is 0.355 e. The SMILES string of the molecule is FC(F)(F)Cc1cc2c(N3CCC4(CN(Cc5ccccc5)C4)C3)ncnc2s1. The van der Waals surface area contributed by atoms with E-state index >= 15 is 0 Å². The van der Waals surface area contributed by atoms with Crippen LogP contribution in [0.4, 0.5) is 19.0 Å². The van der Waals surface area contributed by atoms with E-state index in [0.29, 0.717) is 9.71 Å². The fraction of sp³-hybridized carbons (Fsp3) is 0.429. The molecule has 1 spiro atoms. The minimum atomic E-state index is -4.21. The summed E-state index contributed by atoms with van der Waals surface area (Å²) in [4.78, 5) is 14.2. The highest BCUT2D eigenvalue weighted by molar-refractivity contribution is 7.18. The van der Waals surface area contributed by atoms with Crippen LogP contribution < -0.4 is 4.90 Å². The van der Waals surface area contributed by atoms with Crippen molar-refractivity contribution in [2.75, 3.05) is 31.1 Å². The van der Waals surface area contributed by atoms with Crippen molar-refractivity contribution in [1.29, 1.82) is 0 Å². The van der Waals surface area contributed by atoms with Crippen LogP contribution >= 0.6 is 11.3 Å². The lowest BCUT2D eigenvalue weighted by Crippen LogP contribution is -2.56. The molecule has 4 heterocycles. The minimum Gasteiger partial charge on any atom is -0.355 e. The van der Waals surface area contributed by atoms with Crippen LogP contribution in [-0.2, 0) is 13.0 Å². The zero-order valence-electron chi connectivity index (χ0n) is 15.8. The number of nitrogens with zero attached hydrogens (tertiary/aromatic N) is 4. The molecule has 2 aliphatic rings. The Balaban J connectivity index is 1.29. The lowest BCUT2D eigenvalue weighted by Gasteiger charge is -2.48. The lowest BCUT2D eigenvalue weighted by molar-refractivity contribution is -0.126. The van der Waals surface area contributed by atoms with Gasteiger partial charge in [-0.3, -0.25) is 4.90 Å². The Morgan fingerprint density at radius 1 is 1.07 bits per heavy atom. The van der Waals surface area contributed by atoms with Crippen molar-refractivity contribution < 1.29 is 13.2 Å². The highest BCUT2D eigenvalue weighted by atomic mass is 32.1. The summed E-state index contributed by atoms with van der Waals surface area (Å²) in [6.45, 7) is 4.85. The molecular formula is C21H21F3N4S. The van der Waals surface area contributed by atoms with Gasteiger partial charge in [-0.2, -0.15) is 13.2 Å². The number of halogens is 3. The van der Waals surface area contributed by atoms with Crippen LogP contribution in [0, 0.1) is 5.41 Å². The predicted molar refractivity (Wildman–Crippen MR) is 108 cm³/mol. The summed E-state index contributed by atoms with van der Waals surface area (Å²) in [5.74, 6) is 0.776. The molecule has 0 unspecified atom stereocenters. The van der Waals surface area contributed by atoms with Gasteiger partial charge in [0.2, 0.25) is 0 Å². The summed E-state index contributed by atoms with van der Waals surface area (Å²) in [5.41, 5.74) is 1.59. The molecule has 8 heteroatoms. The summed E-state index contributed by atoms with van der Waals surface area (Å²) in [6.07, 6.45) is -2.56. The van der Waals surface area contributed by atoms with Crippen molar-refractivity contribution in [1.82, 2.24) is 14.9 Å². The van der Waals surface area contributed by atoms with Crippen molar-refractivity contribution in [3.8, 4) is 0 Å². The van der Waals surface area contributed by atoms with E-state index in [0.717, 1.165) is 61.7 Å². The highest BCUT2D eigenvalue weighted by Gasteiger charge is 2.47. The number of fused-ring (bicyclic) bond motifs is 1. The summed E-state index contributed by atoms with van der Waals surface area (Å²) in [5, 5.41) is 0.745. The van der Waals surface area contributed by atoms with Gasteiger partial charge >= 0.3 is 6.18 Å². The van der Waals surface area contributed by atoms with Crippen molar-refractivity contribution in [2.24, 2.45) is 5.41 Å². The van der Waals surface area contributed by atoms with Crippen molar-refractivity contribution in [3.63, 3.8) is 0 Å². The lowest BCUT2D eigenvalue weighted by atomic mass is 9.79. The van der Waals surface area contributed by atoms with Gasteiger partial charge in [0.15, 0.2) is 0 Å². The van der Waals surface area contributed by atoms with Gasteiger partial charge < -0.3 is 4.90 Å². The Kier molecular flexibility index (Phi) is 4.51. The Labute approximate surface area is 171 Å². The third-order valence-electron chi connectivity index (χ3n) is 5.84. The van der Waals surface area contributed by atoms with Gasteiger partial charge in [-0.05, 0) is 18.1 Å². The van der Waals surface area contributed by atoms with Crippen LogP contribution in [0.25, 0.3) is 10.2 Å². The number of hydrogen-bond acceptors (Lipinski definition) is 5. The van der Waals surface area contributed by atoms with E-state index in [9.17, 15) is 13.2 Å². The fourth-order valence-corrected chi connectivity index (χ4v) is 5.68. The standard InChI is InChI=1S/C21H21F3N4S/c22-21(23,24)9-16-8-17-18(25-14-26-19(17)29-16)28-7-6-20(13-28)11-27(12-20)10-15-4-2-1-3-5-15/h1-5,8,14H,6-7,9-13H2. The topological polar surface area (TPSA) is 32.3 Å². The quantitative estimate of drug-likeness (QED) is 0.624. The Morgan fingerprint density at radius 2 is 1.86 bits per heavy atom. The van der Waals surface area contributed by atoms with Crippen LogP contribution in [0.1, 0.15) is 16.9 Å². The average molecular weight is 418 g/mol. The third-order valence-corrected chi connectivity index (χ3v) is 6.88. The summed E-state index contributed by atoms with van der Waals surface area (Å²) >= 11 is 1.11. The molecule has 1 aromatic carbocycles. The zero-order chi connectivity index (χ0) is 20.1.